The van der Waals surface area contributed by atoms with Gasteiger partial charge in [-0.25, -0.2) is 9.59 Å². The van der Waals surface area contributed by atoms with Gasteiger partial charge in [0.1, 0.15) is 12.6 Å². The average Bonchev–Trinajstić information content (AvgIpc) is 3.00. The number of thiophene rings is 1. The van der Waals surface area contributed by atoms with Gasteiger partial charge in [0.25, 0.3) is 0 Å². The fraction of sp³-hybridized carbons (Fsp3) is 0.200. The number of carboxylic acids is 1. The molecule has 2 rings (SSSR count). The normalized spacial score (nSPS) is 11.7. The third kappa shape index (κ3) is 3.82. The van der Waals surface area contributed by atoms with Crippen LogP contribution in [0.5, 0.6) is 0 Å². The maximum atomic E-state index is 12.2. The van der Waals surface area contributed by atoms with E-state index in [4.69, 9.17) is 9.84 Å². The zero-order valence-corrected chi connectivity index (χ0v) is 12.2. The van der Waals surface area contributed by atoms with Crippen LogP contribution >= 0.6 is 11.3 Å². The smallest absolute Gasteiger partial charge is 0.415 e. The third-order valence-electron chi connectivity index (χ3n) is 2.93. The molecule has 0 saturated carbocycles. The molecule has 1 N–H and O–H groups in total. The number of ether oxygens (including phenoxy) is 1. The fourth-order valence-corrected chi connectivity index (χ4v) is 2.41. The van der Waals surface area contributed by atoms with Crippen molar-refractivity contribution < 1.29 is 19.4 Å². The Morgan fingerprint density at radius 3 is 2.57 bits per heavy atom. The van der Waals surface area contributed by atoms with E-state index in [9.17, 15) is 9.59 Å². The van der Waals surface area contributed by atoms with Crippen LogP contribution in [0.15, 0.2) is 47.2 Å². The number of rotatable bonds is 5. The first kappa shape index (κ1) is 15.1. The molecule has 5 nitrogen and oxygen atoms in total. The second-order valence-electron chi connectivity index (χ2n) is 4.41. The summed E-state index contributed by atoms with van der Waals surface area (Å²) in [5.41, 5.74) is 1.37. The van der Waals surface area contributed by atoms with Gasteiger partial charge in [-0.1, -0.05) is 30.3 Å². The Balaban J connectivity index is 2.10. The molecule has 1 atom stereocenters. The largest absolute Gasteiger partial charge is 0.480 e. The number of hydrogen-bond acceptors (Lipinski definition) is 4. The number of benzene rings is 1. The third-order valence-corrected chi connectivity index (χ3v) is 3.60. The molecule has 0 aliphatic rings. The van der Waals surface area contributed by atoms with Crippen LogP contribution in [0.25, 0.3) is 0 Å². The van der Waals surface area contributed by atoms with Gasteiger partial charge in [0.15, 0.2) is 0 Å². The molecule has 0 unspecified atom stereocenters. The van der Waals surface area contributed by atoms with Crippen molar-refractivity contribution in [3.8, 4) is 0 Å². The molecular weight excluding hydrogens is 290 g/mol. The molecular formula is C15H15NO4S. The number of amides is 1. The Labute approximate surface area is 126 Å². The zero-order valence-electron chi connectivity index (χ0n) is 11.4. The number of aliphatic carboxylic acids is 1. The van der Waals surface area contributed by atoms with E-state index in [0.717, 1.165) is 10.5 Å². The monoisotopic (exact) mass is 305 g/mol. The minimum absolute atomic E-state index is 0.104. The summed E-state index contributed by atoms with van der Waals surface area (Å²) in [5.74, 6) is -1.09. The van der Waals surface area contributed by atoms with Gasteiger partial charge < -0.3 is 9.84 Å². The predicted molar refractivity (Wildman–Crippen MR) is 80.5 cm³/mol. The van der Waals surface area contributed by atoms with Gasteiger partial charge in [0.05, 0.1) is 5.69 Å². The molecule has 1 aromatic carbocycles. The van der Waals surface area contributed by atoms with Crippen molar-refractivity contribution in [2.45, 2.75) is 19.6 Å². The summed E-state index contributed by atoms with van der Waals surface area (Å²) in [5, 5.41) is 12.6. The first-order valence-electron chi connectivity index (χ1n) is 6.34. The van der Waals surface area contributed by atoms with Crippen LogP contribution in [0, 0.1) is 0 Å². The Hall–Kier alpha value is -2.34. The standard InChI is InChI=1S/C15H15NO4S/c1-11(14(17)18)16(13-7-8-21-10-13)15(19)20-9-12-5-3-2-4-6-12/h2-8,10-11H,9H2,1H3,(H,17,18)/t11-/m0/s1. The van der Waals surface area contributed by atoms with Crippen LogP contribution in [0.2, 0.25) is 0 Å². The van der Waals surface area contributed by atoms with Crippen LogP contribution in [-0.2, 0) is 16.1 Å². The van der Waals surface area contributed by atoms with Gasteiger partial charge in [0.2, 0.25) is 0 Å². The number of anilines is 1. The molecule has 21 heavy (non-hydrogen) atoms. The quantitative estimate of drug-likeness (QED) is 0.919. The highest BCUT2D eigenvalue weighted by Crippen LogP contribution is 2.22. The van der Waals surface area contributed by atoms with Crippen molar-refractivity contribution in [1.29, 1.82) is 0 Å². The molecule has 0 aliphatic carbocycles. The van der Waals surface area contributed by atoms with E-state index in [-0.39, 0.29) is 6.61 Å². The maximum Gasteiger partial charge on any atom is 0.415 e. The summed E-state index contributed by atoms with van der Waals surface area (Å²) >= 11 is 1.39. The molecule has 1 aromatic heterocycles. The second kappa shape index (κ2) is 6.90. The van der Waals surface area contributed by atoms with Crippen LogP contribution in [0.4, 0.5) is 10.5 Å². The highest BCUT2D eigenvalue weighted by Gasteiger charge is 2.28. The summed E-state index contributed by atoms with van der Waals surface area (Å²) in [6.07, 6.45) is -0.674. The minimum Gasteiger partial charge on any atom is -0.480 e. The molecule has 0 saturated heterocycles. The lowest BCUT2D eigenvalue weighted by molar-refractivity contribution is -0.138. The van der Waals surface area contributed by atoms with Gasteiger partial charge in [-0.05, 0) is 23.9 Å². The SMILES string of the molecule is C[C@@H](C(=O)O)N(C(=O)OCc1ccccc1)c1ccsc1. The van der Waals surface area contributed by atoms with Gasteiger partial charge in [-0.2, -0.15) is 11.3 Å². The summed E-state index contributed by atoms with van der Waals surface area (Å²) in [4.78, 5) is 24.5. The fourth-order valence-electron chi connectivity index (χ4n) is 1.78. The van der Waals surface area contributed by atoms with Crippen molar-refractivity contribution in [2.24, 2.45) is 0 Å². The molecule has 0 fully saturated rings. The molecule has 0 spiro atoms. The molecule has 2 aromatic rings. The van der Waals surface area contributed by atoms with Crippen molar-refractivity contribution in [3.05, 3.63) is 52.7 Å². The Kier molecular flexibility index (Phi) is 4.94. The van der Waals surface area contributed by atoms with Crippen molar-refractivity contribution in [2.75, 3.05) is 4.90 Å². The average molecular weight is 305 g/mol. The topological polar surface area (TPSA) is 66.8 Å². The van der Waals surface area contributed by atoms with E-state index in [1.165, 1.54) is 18.3 Å². The minimum atomic E-state index is -1.09. The second-order valence-corrected chi connectivity index (χ2v) is 5.19. The highest BCUT2D eigenvalue weighted by atomic mass is 32.1. The van der Waals surface area contributed by atoms with Gasteiger partial charge in [-0.15, -0.1) is 0 Å². The van der Waals surface area contributed by atoms with Crippen molar-refractivity contribution in [3.63, 3.8) is 0 Å². The van der Waals surface area contributed by atoms with Crippen LogP contribution in [-0.4, -0.2) is 23.2 Å². The van der Waals surface area contributed by atoms with E-state index in [0.29, 0.717) is 5.69 Å². The zero-order chi connectivity index (χ0) is 15.2. The van der Waals surface area contributed by atoms with Crippen molar-refractivity contribution >= 4 is 29.1 Å². The van der Waals surface area contributed by atoms with Crippen LogP contribution < -0.4 is 4.90 Å². The van der Waals surface area contributed by atoms with E-state index in [1.807, 2.05) is 30.3 Å². The van der Waals surface area contributed by atoms with Crippen LogP contribution in [0.3, 0.4) is 0 Å². The number of nitrogens with zero attached hydrogens (tertiary/aromatic N) is 1. The molecule has 6 heteroatoms. The molecule has 0 aliphatic heterocycles. The molecule has 1 amide bonds. The summed E-state index contributed by atoms with van der Waals surface area (Å²) in [6, 6.07) is 9.93. The van der Waals surface area contributed by atoms with Crippen molar-refractivity contribution in [1.82, 2.24) is 0 Å². The Morgan fingerprint density at radius 2 is 2.00 bits per heavy atom. The first-order valence-corrected chi connectivity index (χ1v) is 7.29. The summed E-state index contributed by atoms with van der Waals surface area (Å²) in [6.45, 7) is 1.55. The summed E-state index contributed by atoms with van der Waals surface area (Å²) in [7, 11) is 0. The van der Waals surface area contributed by atoms with Gasteiger partial charge in [0, 0.05) is 5.38 Å². The number of hydrogen-bond donors (Lipinski definition) is 1. The Bertz CT molecular complexity index is 597. The van der Waals surface area contributed by atoms with Gasteiger partial charge in [-0.3, -0.25) is 4.90 Å². The lowest BCUT2D eigenvalue weighted by Gasteiger charge is -2.24. The predicted octanol–water partition coefficient (Wildman–Crippen LogP) is 3.36. The molecule has 0 bridgehead atoms. The molecule has 110 valence electrons. The van der Waals surface area contributed by atoms with Crippen LogP contribution in [0.1, 0.15) is 12.5 Å². The number of carbonyl (C=O) groups is 2. The molecule has 1 heterocycles. The Morgan fingerprint density at radius 1 is 1.29 bits per heavy atom. The van der Waals surface area contributed by atoms with E-state index in [1.54, 1.807) is 16.8 Å². The van der Waals surface area contributed by atoms with Gasteiger partial charge >= 0.3 is 12.1 Å². The van der Waals surface area contributed by atoms with E-state index in [2.05, 4.69) is 0 Å². The van der Waals surface area contributed by atoms with E-state index >= 15 is 0 Å². The maximum absolute atomic E-state index is 12.2. The number of carboxylic acid groups (broad SMARTS) is 1. The lowest BCUT2D eigenvalue weighted by atomic mass is 10.2. The highest BCUT2D eigenvalue weighted by molar-refractivity contribution is 7.08. The molecule has 0 radical (unpaired) electrons. The van der Waals surface area contributed by atoms with E-state index < -0.39 is 18.1 Å². The first-order chi connectivity index (χ1) is 10.1. The lowest BCUT2D eigenvalue weighted by Crippen LogP contribution is -2.43. The number of carbonyl (C=O) groups excluding carboxylic acids is 1. The summed E-state index contributed by atoms with van der Waals surface area (Å²) < 4.78 is 5.21.